The number of amides is 1. The number of carbonyl (C=O) groups is 1. The van der Waals surface area contributed by atoms with Gasteiger partial charge in [-0.1, -0.05) is 6.07 Å². The lowest BCUT2D eigenvalue weighted by Crippen LogP contribution is -2.46. The van der Waals surface area contributed by atoms with Crippen molar-refractivity contribution in [3.8, 4) is 0 Å². The van der Waals surface area contributed by atoms with Gasteiger partial charge in [0.15, 0.2) is 0 Å². The average molecular weight is 222 g/mol. The van der Waals surface area contributed by atoms with E-state index in [2.05, 4.69) is 5.32 Å². The quantitative estimate of drug-likeness (QED) is 0.670. The van der Waals surface area contributed by atoms with Crippen LogP contribution in [0.15, 0.2) is 18.2 Å². The first-order chi connectivity index (χ1) is 7.35. The van der Waals surface area contributed by atoms with Gasteiger partial charge in [-0.15, -0.1) is 0 Å². The molecule has 0 aromatic heterocycles. The van der Waals surface area contributed by atoms with Crippen LogP contribution in [0.3, 0.4) is 0 Å². The summed E-state index contributed by atoms with van der Waals surface area (Å²) in [4.78, 5) is 11.8. The van der Waals surface area contributed by atoms with Crippen molar-refractivity contribution in [2.45, 2.75) is 26.3 Å². The molecule has 0 bridgehead atoms. The highest BCUT2D eigenvalue weighted by molar-refractivity contribution is 5.95. The van der Waals surface area contributed by atoms with Crippen molar-refractivity contribution in [3.63, 3.8) is 0 Å². The number of hydrogen-bond donors (Lipinski definition) is 3. The highest BCUT2D eigenvalue weighted by atomic mass is 16.3. The Labute approximate surface area is 95.5 Å². The number of aliphatic hydroxyl groups is 1. The van der Waals surface area contributed by atoms with Crippen LogP contribution in [-0.4, -0.2) is 23.2 Å². The zero-order chi connectivity index (χ0) is 12.3. The monoisotopic (exact) mass is 222 g/mol. The minimum Gasteiger partial charge on any atom is -0.398 e. The first kappa shape index (κ1) is 12.5. The summed E-state index contributed by atoms with van der Waals surface area (Å²) in [6, 6.07) is 5.16. The van der Waals surface area contributed by atoms with Gasteiger partial charge < -0.3 is 16.2 Å². The van der Waals surface area contributed by atoms with E-state index in [1.54, 1.807) is 32.0 Å². The molecule has 1 aromatic carbocycles. The summed E-state index contributed by atoms with van der Waals surface area (Å²) in [5, 5.41) is 11.8. The van der Waals surface area contributed by atoms with Crippen molar-refractivity contribution >= 4 is 11.6 Å². The van der Waals surface area contributed by atoms with E-state index in [1.165, 1.54) is 0 Å². The van der Waals surface area contributed by atoms with Gasteiger partial charge in [0.1, 0.15) is 0 Å². The summed E-state index contributed by atoms with van der Waals surface area (Å²) >= 11 is 0. The second-order valence-electron chi connectivity index (χ2n) is 4.57. The summed E-state index contributed by atoms with van der Waals surface area (Å²) in [7, 11) is 0. The molecule has 1 rings (SSSR count). The van der Waals surface area contributed by atoms with Crippen molar-refractivity contribution in [2.75, 3.05) is 12.3 Å². The molecule has 16 heavy (non-hydrogen) atoms. The summed E-state index contributed by atoms with van der Waals surface area (Å²) in [5.41, 5.74) is 7.14. The first-order valence-electron chi connectivity index (χ1n) is 5.15. The molecule has 0 unspecified atom stereocenters. The van der Waals surface area contributed by atoms with Crippen LogP contribution in [0.25, 0.3) is 0 Å². The topological polar surface area (TPSA) is 75.3 Å². The van der Waals surface area contributed by atoms with E-state index in [1.807, 2.05) is 6.92 Å². The van der Waals surface area contributed by atoms with Gasteiger partial charge >= 0.3 is 0 Å². The largest absolute Gasteiger partial charge is 0.398 e. The molecule has 4 heteroatoms. The van der Waals surface area contributed by atoms with Crippen molar-refractivity contribution in [2.24, 2.45) is 0 Å². The number of aliphatic hydroxyl groups excluding tert-OH is 1. The molecule has 4 nitrogen and oxygen atoms in total. The summed E-state index contributed by atoms with van der Waals surface area (Å²) in [6.45, 7) is 5.28. The van der Waals surface area contributed by atoms with Crippen LogP contribution < -0.4 is 11.1 Å². The Bertz CT molecular complexity index is 400. The van der Waals surface area contributed by atoms with E-state index in [0.717, 1.165) is 5.56 Å². The number of nitrogens with one attached hydrogen (secondary N) is 1. The van der Waals surface area contributed by atoms with E-state index < -0.39 is 5.54 Å². The molecule has 1 amide bonds. The van der Waals surface area contributed by atoms with Crippen molar-refractivity contribution in [1.82, 2.24) is 5.32 Å². The van der Waals surface area contributed by atoms with E-state index in [4.69, 9.17) is 10.8 Å². The highest BCUT2D eigenvalue weighted by Gasteiger charge is 2.20. The molecule has 0 atom stereocenters. The minimum atomic E-state index is -0.628. The number of nitrogens with two attached hydrogens (primary N) is 1. The summed E-state index contributed by atoms with van der Waals surface area (Å²) < 4.78 is 0. The third-order valence-corrected chi connectivity index (χ3v) is 2.39. The molecule has 0 saturated heterocycles. The van der Waals surface area contributed by atoms with Crippen LogP contribution in [0.5, 0.6) is 0 Å². The predicted molar refractivity (Wildman–Crippen MR) is 64.2 cm³/mol. The first-order valence-corrected chi connectivity index (χ1v) is 5.15. The fourth-order valence-electron chi connectivity index (χ4n) is 1.20. The Morgan fingerprint density at radius 2 is 2.12 bits per heavy atom. The lowest BCUT2D eigenvalue weighted by atomic mass is 10.1. The second kappa shape index (κ2) is 4.53. The van der Waals surface area contributed by atoms with E-state index in [-0.39, 0.29) is 12.5 Å². The molecule has 0 spiro atoms. The van der Waals surface area contributed by atoms with Crippen LogP contribution in [0.1, 0.15) is 29.8 Å². The normalized spacial score (nSPS) is 11.2. The molecule has 0 aliphatic rings. The van der Waals surface area contributed by atoms with E-state index in [0.29, 0.717) is 11.3 Å². The Morgan fingerprint density at radius 3 is 2.62 bits per heavy atom. The molecule has 88 valence electrons. The summed E-state index contributed by atoms with van der Waals surface area (Å²) in [5.74, 6) is -0.231. The summed E-state index contributed by atoms with van der Waals surface area (Å²) in [6.07, 6.45) is 0. The van der Waals surface area contributed by atoms with Crippen LogP contribution >= 0.6 is 0 Å². The SMILES string of the molecule is Cc1ccc(C(=O)NC(C)(C)CO)cc1N. The Kier molecular flexibility index (Phi) is 3.55. The lowest BCUT2D eigenvalue weighted by molar-refractivity contribution is 0.0869. The highest BCUT2D eigenvalue weighted by Crippen LogP contribution is 2.13. The minimum absolute atomic E-state index is 0.111. The Balaban J connectivity index is 2.85. The smallest absolute Gasteiger partial charge is 0.251 e. The van der Waals surface area contributed by atoms with Crippen molar-refractivity contribution in [3.05, 3.63) is 29.3 Å². The Hall–Kier alpha value is -1.55. The van der Waals surface area contributed by atoms with Crippen molar-refractivity contribution < 1.29 is 9.90 Å². The number of anilines is 1. The number of aryl methyl sites for hydroxylation is 1. The number of hydrogen-bond acceptors (Lipinski definition) is 3. The number of benzene rings is 1. The Morgan fingerprint density at radius 1 is 1.50 bits per heavy atom. The van der Waals surface area contributed by atoms with Crippen LogP contribution in [0.2, 0.25) is 0 Å². The van der Waals surface area contributed by atoms with Crippen LogP contribution in [0, 0.1) is 6.92 Å². The molecule has 0 aliphatic heterocycles. The molecular formula is C12H18N2O2. The zero-order valence-electron chi connectivity index (χ0n) is 9.87. The van der Waals surface area contributed by atoms with E-state index in [9.17, 15) is 4.79 Å². The maximum atomic E-state index is 11.8. The number of nitrogen functional groups attached to an aromatic ring is 1. The van der Waals surface area contributed by atoms with E-state index >= 15 is 0 Å². The van der Waals surface area contributed by atoms with Gasteiger partial charge in [-0.3, -0.25) is 4.79 Å². The van der Waals surface area contributed by atoms with Gasteiger partial charge in [-0.25, -0.2) is 0 Å². The molecule has 0 aliphatic carbocycles. The number of carbonyl (C=O) groups excluding carboxylic acids is 1. The van der Waals surface area contributed by atoms with Crippen LogP contribution in [-0.2, 0) is 0 Å². The fraction of sp³-hybridized carbons (Fsp3) is 0.417. The maximum Gasteiger partial charge on any atom is 0.251 e. The van der Waals surface area contributed by atoms with Gasteiger partial charge in [0, 0.05) is 11.3 Å². The molecule has 0 heterocycles. The third kappa shape index (κ3) is 2.97. The third-order valence-electron chi connectivity index (χ3n) is 2.39. The van der Waals surface area contributed by atoms with Gasteiger partial charge in [0.25, 0.3) is 5.91 Å². The molecule has 4 N–H and O–H groups in total. The molecule has 1 aromatic rings. The lowest BCUT2D eigenvalue weighted by Gasteiger charge is -2.23. The maximum absolute atomic E-state index is 11.8. The van der Waals surface area contributed by atoms with Gasteiger partial charge in [-0.2, -0.15) is 0 Å². The molecular weight excluding hydrogens is 204 g/mol. The molecule has 0 radical (unpaired) electrons. The van der Waals surface area contributed by atoms with Crippen LogP contribution in [0.4, 0.5) is 5.69 Å². The fourth-order valence-corrected chi connectivity index (χ4v) is 1.20. The van der Waals surface area contributed by atoms with Gasteiger partial charge in [0.05, 0.1) is 12.1 Å². The predicted octanol–water partition coefficient (Wildman–Crippen LogP) is 1.08. The number of rotatable bonds is 3. The van der Waals surface area contributed by atoms with Gasteiger partial charge in [0.2, 0.25) is 0 Å². The molecule has 0 fully saturated rings. The zero-order valence-corrected chi connectivity index (χ0v) is 9.87. The van der Waals surface area contributed by atoms with Crippen molar-refractivity contribution in [1.29, 1.82) is 0 Å². The average Bonchev–Trinajstić information content (AvgIpc) is 2.21. The molecule has 0 saturated carbocycles. The second-order valence-corrected chi connectivity index (χ2v) is 4.57. The standard InChI is InChI=1S/C12H18N2O2/c1-8-4-5-9(6-10(8)13)11(16)14-12(2,3)7-15/h4-6,15H,7,13H2,1-3H3,(H,14,16). The van der Waals surface area contributed by atoms with Gasteiger partial charge in [-0.05, 0) is 38.5 Å².